The molecule has 3 N–H and O–H groups in total. The van der Waals surface area contributed by atoms with Gasteiger partial charge in [0.15, 0.2) is 5.84 Å². The number of fused-ring (bicyclic) bond motifs is 1. The third-order valence-corrected chi connectivity index (χ3v) is 3.78. The second kappa shape index (κ2) is 5.44. The molecule has 1 aromatic carbocycles. The Kier molecular flexibility index (Phi) is 3.48. The van der Waals surface area contributed by atoms with Gasteiger partial charge in [-0.1, -0.05) is 22.9 Å². The Balaban J connectivity index is 2.03. The van der Waals surface area contributed by atoms with Gasteiger partial charge in [-0.15, -0.1) is 0 Å². The molecule has 21 heavy (non-hydrogen) atoms. The summed E-state index contributed by atoms with van der Waals surface area (Å²) < 4.78 is 0. The van der Waals surface area contributed by atoms with Crippen LogP contribution in [-0.4, -0.2) is 22.6 Å². The summed E-state index contributed by atoms with van der Waals surface area (Å²) in [5.74, 6) is 0.920. The molecule has 1 aromatic heterocycles. The van der Waals surface area contributed by atoms with E-state index < -0.39 is 0 Å². The summed E-state index contributed by atoms with van der Waals surface area (Å²) in [7, 11) is 0. The van der Waals surface area contributed by atoms with Crippen molar-refractivity contribution in [1.82, 2.24) is 4.98 Å². The van der Waals surface area contributed by atoms with Crippen molar-refractivity contribution in [1.29, 1.82) is 0 Å². The first kappa shape index (κ1) is 13.4. The maximum atomic E-state index is 8.81. The van der Waals surface area contributed by atoms with Gasteiger partial charge in [0.25, 0.3) is 0 Å². The molecule has 0 spiro atoms. The van der Waals surface area contributed by atoms with E-state index in [-0.39, 0.29) is 5.84 Å². The standard InChI is InChI=1S/C16H18N4O/c1-11-4-5-14-12(9-11)3-2-8-20(14)15-10-13(6-7-18-15)16(17)19-21/h4-7,9-10,21H,2-3,8H2,1H3,(H2,17,19). The molecule has 0 bridgehead atoms. The fraction of sp³-hybridized carbons (Fsp3) is 0.250. The van der Waals surface area contributed by atoms with Crippen LogP contribution in [0.3, 0.4) is 0 Å². The lowest BCUT2D eigenvalue weighted by Crippen LogP contribution is -2.26. The van der Waals surface area contributed by atoms with Crippen LogP contribution in [0.25, 0.3) is 0 Å². The van der Waals surface area contributed by atoms with Crippen molar-refractivity contribution in [3.8, 4) is 0 Å². The summed E-state index contributed by atoms with van der Waals surface area (Å²) in [6.07, 6.45) is 3.87. The number of anilines is 2. The first-order chi connectivity index (χ1) is 10.2. The molecule has 0 saturated heterocycles. The van der Waals surface area contributed by atoms with Crippen LogP contribution in [0.2, 0.25) is 0 Å². The summed E-state index contributed by atoms with van der Waals surface area (Å²) in [5.41, 5.74) is 10.1. The molecule has 0 radical (unpaired) electrons. The Morgan fingerprint density at radius 2 is 2.19 bits per heavy atom. The number of nitrogens with zero attached hydrogens (tertiary/aromatic N) is 3. The Morgan fingerprint density at radius 3 is 3.00 bits per heavy atom. The van der Waals surface area contributed by atoms with Gasteiger partial charge in [0.05, 0.1) is 0 Å². The topological polar surface area (TPSA) is 74.7 Å². The minimum atomic E-state index is 0.0970. The minimum absolute atomic E-state index is 0.0970. The van der Waals surface area contributed by atoms with Crippen LogP contribution in [-0.2, 0) is 6.42 Å². The van der Waals surface area contributed by atoms with Crippen LogP contribution >= 0.6 is 0 Å². The molecule has 0 amide bonds. The van der Waals surface area contributed by atoms with Crippen LogP contribution < -0.4 is 10.6 Å². The summed E-state index contributed by atoms with van der Waals surface area (Å²) in [6.45, 7) is 3.03. The second-order valence-electron chi connectivity index (χ2n) is 5.28. The van der Waals surface area contributed by atoms with Gasteiger partial charge in [-0.25, -0.2) is 4.98 Å². The van der Waals surface area contributed by atoms with Crippen LogP contribution in [0.4, 0.5) is 11.5 Å². The molecular formula is C16H18N4O. The zero-order chi connectivity index (χ0) is 14.8. The van der Waals surface area contributed by atoms with Crippen molar-refractivity contribution in [2.45, 2.75) is 19.8 Å². The molecule has 2 heterocycles. The van der Waals surface area contributed by atoms with E-state index >= 15 is 0 Å². The van der Waals surface area contributed by atoms with Crippen molar-refractivity contribution in [2.75, 3.05) is 11.4 Å². The molecule has 5 nitrogen and oxygen atoms in total. The smallest absolute Gasteiger partial charge is 0.170 e. The predicted molar refractivity (Wildman–Crippen MR) is 83.3 cm³/mol. The highest BCUT2D eigenvalue weighted by atomic mass is 16.4. The predicted octanol–water partition coefficient (Wildman–Crippen LogP) is 2.57. The Labute approximate surface area is 123 Å². The van der Waals surface area contributed by atoms with E-state index in [1.54, 1.807) is 12.3 Å². The van der Waals surface area contributed by atoms with Crippen molar-refractivity contribution >= 4 is 17.3 Å². The molecular weight excluding hydrogens is 264 g/mol. The third-order valence-electron chi connectivity index (χ3n) is 3.78. The lowest BCUT2D eigenvalue weighted by molar-refractivity contribution is 0.318. The molecule has 2 aromatic rings. The van der Waals surface area contributed by atoms with Crippen LogP contribution in [0.1, 0.15) is 23.1 Å². The van der Waals surface area contributed by atoms with Crippen molar-refractivity contribution in [3.05, 3.63) is 53.2 Å². The molecule has 108 valence electrons. The van der Waals surface area contributed by atoms with Gasteiger partial charge >= 0.3 is 0 Å². The molecule has 1 aliphatic heterocycles. The van der Waals surface area contributed by atoms with E-state index in [4.69, 9.17) is 10.9 Å². The van der Waals surface area contributed by atoms with Crippen molar-refractivity contribution in [2.24, 2.45) is 10.9 Å². The number of rotatable bonds is 2. The summed E-state index contributed by atoms with van der Waals surface area (Å²) >= 11 is 0. The normalized spacial score (nSPS) is 14.9. The zero-order valence-electron chi connectivity index (χ0n) is 12.0. The number of hydrogen-bond donors (Lipinski definition) is 2. The number of hydrogen-bond acceptors (Lipinski definition) is 4. The highest BCUT2D eigenvalue weighted by molar-refractivity contribution is 5.97. The molecule has 0 aliphatic carbocycles. The van der Waals surface area contributed by atoms with Gasteiger partial charge in [-0.05, 0) is 43.5 Å². The first-order valence-corrected chi connectivity index (χ1v) is 7.00. The van der Waals surface area contributed by atoms with Gasteiger partial charge in [-0.2, -0.15) is 0 Å². The van der Waals surface area contributed by atoms with E-state index in [1.807, 2.05) is 6.07 Å². The maximum Gasteiger partial charge on any atom is 0.170 e. The lowest BCUT2D eigenvalue weighted by atomic mass is 9.99. The number of aryl methyl sites for hydroxylation is 2. The molecule has 3 rings (SSSR count). The summed E-state index contributed by atoms with van der Waals surface area (Å²) in [5, 5.41) is 11.9. The SMILES string of the molecule is Cc1ccc2c(c1)CCCN2c1cc(/C(N)=N/O)ccn1. The van der Waals surface area contributed by atoms with Crippen LogP contribution in [0.15, 0.2) is 41.7 Å². The molecule has 0 fully saturated rings. The average molecular weight is 282 g/mol. The molecule has 0 unspecified atom stereocenters. The maximum absolute atomic E-state index is 8.81. The molecule has 0 saturated carbocycles. The van der Waals surface area contributed by atoms with Gasteiger partial charge in [0, 0.05) is 24.0 Å². The van der Waals surface area contributed by atoms with Crippen molar-refractivity contribution < 1.29 is 5.21 Å². The lowest BCUT2D eigenvalue weighted by Gasteiger charge is -2.30. The number of benzene rings is 1. The quantitative estimate of drug-likeness (QED) is 0.384. The van der Waals surface area contributed by atoms with Crippen LogP contribution in [0, 0.1) is 6.92 Å². The molecule has 5 heteroatoms. The Hall–Kier alpha value is -2.56. The zero-order valence-corrected chi connectivity index (χ0v) is 12.0. The second-order valence-corrected chi connectivity index (χ2v) is 5.28. The minimum Gasteiger partial charge on any atom is -0.409 e. The van der Waals surface area contributed by atoms with Gasteiger partial charge < -0.3 is 15.8 Å². The van der Waals surface area contributed by atoms with Gasteiger partial charge in [0.2, 0.25) is 0 Å². The largest absolute Gasteiger partial charge is 0.409 e. The average Bonchev–Trinajstić information content (AvgIpc) is 2.53. The number of nitrogens with two attached hydrogens (primary N) is 1. The number of amidine groups is 1. The van der Waals surface area contributed by atoms with Gasteiger partial charge in [-0.3, -0.25) is 0 Å². The van der Waals surface area contributed by atoms with E-state index in [9.17, 15) is 0 Å². The van der Waals surface area contributed by atoms with E-state index in [1.165, 1.54) is 16.8 Å². The number of oxime groups is 1. The van der Waals surface area contributed by atoms with Gasteiger partial charge in [0.1, 0.15) is 5.82 Å². The third kappa shape index (κ3) is 2.54. The van der Waals surface area contributed by atoms with Crippen molar-refractivity contribution in [3.63, 3.8) is 0 Å². The summed E-state index contributed by atoms with van der Waals surface area (Å²) in [6, 6.07) is 10.1. The number of pyridine rings is 1. The number of aromatic nitrogens is 1. The van der Waals surface area contributed by atoms with E-state index in [0.717, 1.165) is 25.2 Å². The summed E-state index contributed by atoms with van der Waals surface area (Å²) in [4.78, 5) is 6.62. The molecule has 0 atom stereocenters. The fourth-order valence-electron chi connectivity index (χ4n) is 2.75. The Bertz CT molecular complexity index is 696. The monoisotopic (exact) mass is 282 g/mol. The van der Waals surface area contributed by atoms with Crippen LogP contribution in [0.5, 0.6) is 0 Å². The first-order valence-electron chi connectivity index (χ1n) is 7.00. The van der Waals surface area contributed by atoms with E-state index in [0.29, 0.717) is 5.56 Å². The Morgan fingerprint density at radius 1 is 1.33 bits per heavy atom. The van der Waals surface area contributed by atoms with E-state index in [2.05, 4.69) is 40.2 Å². The fourth-order valence-corrected chi connectivity index (χ4v) is 2.75. The molecule has 1 aliphatic rings. The highest BCUT2D eigenvalue weighted by Crippen LogP contribution is 2.33. The highest BCUT2D eigenvalue weighted by Gasteiger charge is 2.19.